The molecule has 3 rings (SSSR count). The van der Waals surface area contributed by atoms with Gasteiger partial charge in [0.15, 0.2) is 0 Å². The molecule has 0 radical (unpaired) electrons. The van der Waals surface area contributed by atoms with Gasteiger partial charge >= 0.3 is 0 Å². The lowest BCUT2D eigenvalue weighted by Crippen LogP contribution is -2.15. The monoisotopic (exact) mass is 256 g/mol. The molecule has 5 heteroatoms. The van der Waals surface area contributed by atoms with Crippen LogP contribution in [0.25, 0.3) is 0 Å². The zero-order valence-electron chi connectivity index (χ0n) is 10.8. The first-order valence-electron chi connectivity index (χ1n) is 6.44. The maximum atomic E-state index is 12.0. The van der Waals surface area contributed by atoms with Crippen molar-refractivity contribution in [2.45, 2.75) is 25.2 Å². The average molecular weight is 256 g/mol. The predicted octanol–water partition coefficient (Wildman–Crippen LogP) is 1.87. The van der Waals surface area contributed by atoms with Gasteiger partial charge in [-0.15, -0.1) is 0 Å². The summed E-state index contributed by atoms with van der Waals surface area (Å²) < 4.78 is 1.70. The van der Waals surface area contributed by atoms with Crippen molar-refractivity contribution in [3.63, 3.8) is 0 Å². The molecule has 1 aliphatic carbocycles. The van der Waals surface area contributed by atoms with Crippen LogP contribution in [0.2, 0.25) is 0 Å². The Morgan fingerprint density at radius 3 is 3.05 bits per heavy atom. The highest BCUT2D eigenvalue weighted by atomic mass is 16.1. The van der Waals surface area contributed by atoms with E-state index in [9.17, 15) is 4.79 Å². The number of aromatic nitrogens is 3. The molecule has 0 unspecified atom stereocenters. The minimum Gasteiger partial charge on any atom is -0.324 e. The molecular weight excluding hydrogens is 240 g/mol. The van der Waals surface area contributed by atoms with Crippen LogP contribution >= 0.6 is 0 Å². The minimum absolute atomic E-state index is 0.0251. The van der Waals surface area contributed by atoms with Crippen molar-refractivity contribution < 1.29 is 4.79 Å². The van der Waals surface area contributed by atoms with Crippen LogP contribution in [-0.4, -0.2) is 20.7 Å². The molecule has 19 heavy (non-hydrogen) atoms. The fourth-order valence-corrected chi connectivity index (χ4v) is 2.15. The standard InChI is InChI=1S/C14H16N4O/c1-18-9-10(8-16-18)7-13(19)17-12-3-2-6-15-14(12)11-4-5-11/h2-3,6,8-9,11H,4-5,7H2,1H3,(H,17,19). The van der Waals surface area contributed by atoms with Gasteiger partial charge in [-0.25, -0.2) is 0 Å². The maximum Gasteiger partial charge on any atom is 0.228 e. The largest absolute Gasteiger partial charge is 0.324 e. The number of hydrogen-bond acceptors (Lipinski definition) is 3. The summed E-state index contributed by atoms with van der Waals surface area (Å²) in [7, 11) is 1.84. The summed E-state index contributed by atoms with van der Waals surface area (Å²) >= 11 is 0. The predicted molar refractivity (Wildman–Crippen MR) is 71.8 cm³/mol. The van der Waals surface area contributed by atoms with Crippen molar-refractivity contribution in [3.8, 4) is 0 Å². The summed E-state index contributed by atoms with van der Waals surface area (Å²) in [6.45, 7) is 0. The molecule has 1 N–H and O–H groups in total. The lowest BCUT2D eigenvalue weighted by molar-refractivity contribution is -0.115. The van der Waals surface area contributed by atoms with Crippen molar-refractivity contribution in [2.75, 3.05) is 5.32 Å². The molecule has 2 heterocycles. The smallest absolute Gasteiger partial charge is 0.228 e. The highest BCUT2D eigenvalue weighted by molar-refractivity contribution is 5.92. The molecular formula is C14H16N4O. The van der Waals surface area contributed by atoms with Gasteiger partial charge in [0.2, 0.25) is 5.91 Å². The molecule has 1 saturated carbocycles. The first kappa shape index (κ1) is 11.9. The van der Waals surface area contributed by atoms with Crippen LogP contribution in [0.1, 0.15) is 30.0 Å². The number of carbonyl (C=O) groups is 1. The summed E-state index contributed by atoms with van der Waals surface area (Å²) in [6, 6.07) is 3.77. The molecule has 0 saturated heterocycles. The lowest BCUT2D eigenvalue weighted by Gasteiger charge is -2.08. The highest BCUT2D eigenvalue weighted by Gasteiger charge is 2.27. The fraction of sp³-hybridized carbons (Fsp3) is 0.357. The van der Waals surface area contributed by atoms with E-state index in [2.05, 4.69) is 15.4 Å². The van der Waals surface area contributed by atoms with Crippen molar-refractivity contribution >= 4 is 11.6 Å². The van der Waals surface area contributed by atoms with E-state index in [1.54, 1.807) is 17.1 Å². The third-order valence-corrected chi connectivity index (χ3v) is 3.20. The third-order valence-electron chi connectivity index (χ3n) is 3.20. The molecule has 5 nitrogen and oxygen atoms in total. The first-order chi connectivity index (χ1) is 9.22. The Labute approximate surface area is 111 Å². The SMILES string of the molecule is Cn1cc(CC(=O)Nc2cccnc2C2CC2)cn1. The maximum absolute atomic E-state index is 12.0. The van der Waals surface area contributed by atoms with Crippen molar-refractivity contribution in [1.82, 2.24) is 14.8 Å². The second-order valence-corrected chi connectivity index (χ2v) is 4.96. The Bertz CT molecular complexity index is 601. The summed E-state index contributed by atoms with van der Waals surface area (Å²) in [4.78, 5) is 16.4. The normalized spacial score (nSPS) is 14.4. The van der Waals surface area contributed by atoms with E-state index < -0.39 is 0 Å². The Balaban J connectivity index is 1.69. The van der Waals surface area contributed by atoms with Gasteiger partial charge in [-0.05, 0) is 30.5 Å². The number of nitrogens with zero attached hydrogens (tertiary/aromatic N) is 3. The van der Waals surface area contributed by atoms with Crippen molar-refractivity contribution in [1.29, 1.82) is 0 Å². The number of anilines is 1. The van der Waals surface area contributed by atoms with E-state index in [0.29, 0.717) is 12.3 Å². The Hall–Kier alpha value is -2.17. The molecule has 0 spiro atoms. The zero-order valence-corrected chi connectivity index (χ0v) is 10.8. The Morgan fingerprint density at radius 2 is 2.37 bits per heavy atom. The molecule has 2 aromatic rings. The number of carbonyl (C=O) groups excluding carboxylic acids is 1. The number of nitrogens with one attached hydrogen (secondary N) is 1. The van der Waals surface area contributed by atoms with Crippen LogP contribution in [0.3, 0.4) is 0 Å². The van der Waals surface area contributed by atoms with Gasteiger partial charge in [0.05, 0.1) is 24.0 Å². The molecule has 98 valence electrons. The molecule has 1 amide bonds. The van der Waals surface area contributed by atoms with Gasteiger partial charge in [0, 0.05) is 25.4 Å². The van der Waals surface area contributed by atoms with Crippen LogP contribution < -0.4 is 5.32 Å². The fourth-order valence-electron chi connectivity index (χ4n) is 2.15. The first-order valence-corrected chi connectivity index (χ1v) is 6.44. The number of hydrogen-bond donors (Lipinski definition) is 1. The summed E-state index contributed by atoms with van der Waals surface area (Å²) in [5.41, 5.74) is 2.78. The molecule has 0 aliphatic heterocycles. The topological polar surface area (TPSA) is 59.8 Å². The Kier molecular flexibility index (Phi) is 3.03. The van der Waals surface area contributed by atoms with E-state index in [0.717, 1.165) is 16.9 Å². The highest BCUT2D eigenvalue weighted by Crippen LogP contribution is 2.41. The summed E-state index contributed by atoms with van der Waals surface area (Å²) in [6.07, 6.45) is 8.03. The van der Waals surface area contributed by atoms with Crippen molar-refractivity contribution in [3.05, 3.63) is 42.0 Å². The van der Waals surface area contributed by atoms with E-state index in [1.165, 1.54) is 12.8 Å². The van der Waals surface area contributed by atoms with Crippen molar-refractivity contribution in [2.24, 2.45) is 7.05 Å². The van der Waals surface area contributed by atoms with Gasteiger partial charge in [-0.1, -0.05) is 0 Å². The number of aryl methyl sites for hydroxylation is 1. The number of amides is 1. The quantitative estimate of drug-likeness (QED) is 0.908. The molecule has 1 aliphatic rings. The number of pyridine rings is 1. The van der Waals surface area contributed by atoms with E-state index in [1.807, 2.05) is 25.4 Å². The second kappa shape index (κ2) is 4.84. The van der Waals surface area contributed by atoms with Crippen LogP contribution in [0.4, 0.5) is 5.69 Å². The Morgan fingerprint density at radius 1 is 1.53 bits per heavy atom. The second-order valence-electron chi connectivity index (χ2n) is 4.96. The van der Waals surface area contributed by atoms with Gasteiger partial charge in [-0.3, -0.25) is 14.5 Å². The molecule has 0 aromatic carbocycles. The molecule has 0 atom stereocenters. The van der Waals surface area contributed by atoms with E-state index in [4.69, 9.17) is 0 Å². The molecule has 0 bridgehead atoms. The average Bonchev–Trinajstić information content (AvgIpc) is 3.14. The van der Waals surface area contributed by atoms with Crippen LogP contribution in [-0.2, 0) is 18.3 Å². The van der Waals surface area contributed by atoms with Gasteiger partial charge < -0.3 is 5.32 Å². The van der Waals surface area contributed by atoms with Crippen LogP contribution in [0, 0.1) is 0 Å². The molecule has 1 fully saturated rings. The van der Waals surface area contributed by atoms with Gasteiger partial charge in [-0.2, -0.15) is 5.10 Å². The van der Waals surface area contributed by atoms with E-state index >= 15 is 0 Å². The van der Waals surface area contributed by atoms with Gasteiger partial charge in [0.25, 0.3) is 0 Å². The number of rotatable bonds is 4. The lowest BCUT2D eigenvalue weighted by atomic mass is 10.2. The van der Waals surface area contributed by atoms with Crippen LogP contribution in [0.15, 0.2) is 30.7 Å². The van der Waals surface area contributed by atoms with E-state index in [-0.39, 0.29) is 5.91 Å². The van der Waals surface area contributed by atoms with Crippen LogP contribution in [0.5, 0.6) is 0 Å². The van der Waals surface area contributed by atoms with Gasteiger partial charge in [0.1, 0.15) is 0 Å². The molecule has 2 aromatic heterocycles. The minimum atomic E-state index is -0.0251. The summed E-state index contributed by atoms with van der Waals surface area (Å²) in [5.74, 6) is 0.498. The third kappa shape index (κ3) is 2.81. The summed E-state index contributed by atoms with van der Waals surface area (Å²) in [5, 5.41) is 7.01. The zero-order chi connectivity index (χ0) is 13.2.